The van der Waals surface area contributed by atoms with Crippen molar-refractivity contribution in [3.63, 3.8) is 0 Å². The highest BCUT2D eigenvalue weighted by atomic mass is 32.1. The zero-order valence-corrected chi connectivity index (χ0v) is 19.8. The van der Waals surface area contributed by atoms with Gasteiger partial charge in [0.25, 0.3) is 0 Å². The second kappa shape index (κ2) is 12.3. The number of likely N-dealkylation sites (N-methyl/N-ethyl adjacent to an activating group) is 1. The summed E-state index contributed by atoms with van der Waals surface area (Å²) < 4.78 is 0. The largest absolute Gasteiger partial charge is 0.353 e. The maximum absolute atomic E-state index is 12.1. The van der Waals surface area contributed by atoms with Crippen LogP contribution < -0.4 is 10.6 Å². The molecule has 0 bridgehead atoms. The number of aryl methyl sites for hydroxylation is 2. The Hall–Kier alpha value is -2.76. The summed E-state index contributed by atoms with van der Waals surface area (Å²) in [7, 11) is 3.68. The number of benzene rings is 1. The molecule has 0 aliphatic carbocycles. The Morgan fingerprint density at radius 1 is 0.906 bits per heavy atom. The van der Waals surface area contributed by atoms with Crippen LogP contribution in [0.2, 0.25) is 0 Å². The van der Waals surface area contributed by atoms with Crippen molar-refractivity contribution in [3.05, 3.63) is 45.9 Å². The second-order valence-electron chi connectivity index (χ2n) is 7.55. The number of nitrogens with zero attached hydrogens (tertiary/aromatic N) is 5. The van der Waals surface area contributed by atoms with E-state index in [-0.39, 0.29) is 18.2 Å². The van der Waals surface area contributed by atoms with Crippen molar-refractivity contribution in [2.75, 3.05) is 37.8 Å². The molecule has 32 heavy (non-hydrogen) atoms. The first-order valence-corrected chi connectivity index (χ1v) is 12.0. The first-order valence-electron chi connectivity index (χ1n) is 10.4. The van der Waals surface area contributed by atoms with Gasteiger partial charge in [-0.3, -0.25) is 14.9 Å². The average molecular weight is 474 g/mol. The van der Waals surface area contributed by atoms with Crippen molar-refractivity contribution in [3.8, 4) is 0 Å². The molecule has 2 aromatic heterocycles. The van der Waals surface area contributed by atoms with Crippen molar-refractivity contribution in [1.29, 1.82) is 0 Å². The number of Topliss-reactive ketones (excluding diaryl/α,β-unsaturated/α-hetero) is 1. The molecule has 0 radical (unpaired) electrons. The fourth-order valence-electron chi connectivity index (χ4n) is 2.89. The van der Waals surface area contributed by atoms with Crippen molar-refractivity contribution in [1.82, 2.24) is 25.3 Å². The van der Waals surface area contributed by atoms with Crippen LogP contribution in [-0.4, -0.2) is 64.2 Å². The van der Waals surface area contributed by atoms with Gasteiger partial charge in [-0.05, 0) is 32.5 Å². The molecule has 1 amide bonds. The van der Waals surface area contributed by atoms with Gasteiger partial charge < -0.3 is 10.2 Å². The van der Waals surface area contributed by atoms with Crippen molar-refractivity contribution < 1.29 is 9.59 Å². The summed E-state index contributed by atoms with van der Waals surface area (Å²) in [6.45, 7) is 0.558. The predicted octanol–water partition coefficient (Wildman–Crippen LogP) is 2.68. The number of unbranched alkanes of at least 4 members (excludes halogenated alkanes) is 1. The molecule has 0 fully saturated rings. The molecule has 0 saturated heterocycles. The molecule has 9 nitrogen and oxygen atoms in total. The van der Waals surface area contributed by atoms with Gasteiger partial charge in [-0.25, -0.2) is 0 Å². The van der Waals surface area contributed by atoms with E-state index in [1.165, 1.54) is 22.7 Å². The van der Waals surface area contributed by atoms with Crippen LogP contribution in [0.1, 0.15) is 28.4 Å². The van der Waals surface area contributed by atoms with E-state index in [0.29, 0.717) is 23.2 Å². The van der Waals surface area contributed by atoms with Gasteiger partial charge in [0.1, 0.15) is 10.0 Å². The fraction of sp³-hybridized carbons (Fsp3) is 0.429. The van der Waals surface area contributed by atoms with Crippen LogP contribution in [0.3, 0.4) is 0 Å². The molecular weight excluding hydrogens is 446 g/mol. The zero-order chi connectivity index (χ0) is 22.8. The normalized spacial score (nSPS) is 11.0. The maximum Gasteiger partial charge on any atom is 0.240 e. The topological polar surface area (TPSA) is 113 Å². The molecule has 0 atom stereocenters. The van der Waals surface area contributed by atoms with E-state index >= 15 is 0 Å². The van der Waals surface area contributed by atoms with Gasteiger partial charge >= 0.3 is 0 Å². The lowest BCUT2D eigenvalue weighted by molar-refractivity contribution is -0.117. The third-order valence-corrected chi connectivity index (χ3v) is 6.19. The molecule has 0 spiro atoms. The number of anilines is 2. The van der Waals surface area contributed by atoms with Gasteiger partial charge in [0.05, 0.1) is 13.1 Å². The van der Waals surface area contributed by atoms with Crippen LogP contribution in [-0.2, 0) is 28.9 Å². The molecule has 3 rings (SSSR count). The van der Waals surface area contributed by atoms with Crippen molar-refractivity contribution >= 4 is 44.6 Å². The third-order valence-electron chi connectivity index (χ3n) is 4.35. The molecule has 2 heterocycles. The molecule has 11 heteroatoms. The molecule has 2 N–H and O–H groups in total. The van der Waals surface area contributed by atoms with Crippen LogP contribution in [0, 0.1) is 0 Å². The first-order chi connectivity index (χ1) is 15.5. The van der Waals surface area contributed by atoms with Crippen LogP contribution in [0.4, 0.5) is 10.3 Å². The molecule has 170 valence electrons. The molecule has 3 aromatic rings. The Bertz CT molecular complexity index is 1000. The second-order valence-corrected chi connectivity index (χ2v) is 9.67. The van der Waals surface area contributed by atoms with Crippen LogP contribution >= 0.6 is 22.7 Å². The lowest BCUT2D eigenvalue weighted by atomic mass is 10.1. The van der Waals surface area contributed by atoms with Gasteiger partial charge in [0.15, 0.2) is 5.78 Å². The summed E-state index contributed by atoms with van der Waals surface area (Å²) in [5.41, 5.74) is 1.01. The number of rotatable bonds is 13. The van der Waals surface area contributed by atoms with Gasteiger partial charge in [-0.2, -0.15) is 0 Å². The fourth-order valence-corrected chi connectivity index (χ4v) is 4.46. The quantitative estimate of drug-likeness (QED) is 0.364. The lowest BCUT2D eigenvalue weighted by Gasteiger charge is -2.07. The van der Waals surface area contributed by atoms with E-state index in [4.69, 9.17) is 0 Å². The third kappa shape index (κ3) is 8.40. The molecule has 0 unspecified atom stereocenters. The van der Waals surface area contributed by atoms with E-state index in [0.717, 1.165) is 41.3 Å². The summed E-state index contributed by atoms with van der Waals surface area (Å²) in [6.07, 6.45) is 3.93. The summed E-state index contributed by atoms with van der Waals surface area (Å²) in [6, 6.07) is 9.70. The predicted molar refractivity (Wildman–Crippen MR) is 127 cm³/mol. The Morgan fingerprint density at radius 2 is 1.53 bits per heavy atom. The summed E-state index contributed by atoms with van der Waals surface area (Å²) in [5, 5.41) is 25.4. The summed E-state index contributed by atoms with van der Waals surface area (Å²) in [5.74, 6) is 0.0161. The highest BCUT2D eigenvalue weighted by Crippen LogP contribution is 2.20. The Kier molecular flexibility index (Phi) is 9.20. The van der Waals surface area contributed by atoms with E-state index in [1.54, 1.807) is 4.90 Å². The molecule has 0 aliphatic heterocycles. The van der Waals surface area contributed by atoms with E-state index in [2.05, 4.69) is 31.0 Å². The highest BCUT2D eigenvalue weighted by Gasteiger charge is 2.10. The Balaban J connectivity index is 1.32. The monoisotopic (exact) mass is 473 g/mol. The summed E-state index contributed by atoms with van der Waals surface area (Å²) in [4.78, 5) is 25.7. The standard InChI is InChI=1S/C21H27N7O2S2/c1-28(2)14-17(30)23-21-27-25-19(32-21)11-7-6-10-18-24-26-20(31-18)22-13-16(29)12-15-8-4-3-5-9-15/h3-5,8-9H,6-7,10-14H2,1-2H3,(H,22,26)(H,23,27,30). The number of ketones is 1. The molecule has 0 saturated carbocycles. The van der Waals surface area contributed by atoms with E-state index in [9.17, 15) is 9.59 Å². The number of nitrogens with one attached hydrogen (secondary N) is 2. The SMILES string of the molecule is CN(C)CC(=O)Nc1nnc(CCCCc2nnc(NCC(=O)Cc3ccccc3)s2)s1. The van der Waals surface area contributed by atoms with Gasteiger partial charge in [0, 0.05) is 19.3 Å². The minimum atomic E-state index is -0.0971. The van der Waals surface area contributed by atoms with Crippen LogP contribution in [0.25, 0.3) is 0 Å². The Morgan fingerprint density at radius 3 is 2.19 bits per heavy atom. The zero-order valence-electron chi connectivity index (χ0n) is 18.2. The number of carbonyl (C=O) groups excluding carboxylic acids is 2. The smallest absolute Gasteiger partial charge is 0.240 e. The number of hydrogen-bond acceptors (Lipinski definition) is 10. The Labute approximate surface area is 195 Å². The van der Waals surface area contributed by atoms with Crippen LogP contribution in [0.15, 0.2) is 30.3 Å². The maximum atomic E-state index is 12.1. The van der Waals surface area contributed by atoms with Gasteiger partial charge in [-0.15, -0.1) is 20.4 Å². The number of carbonyl (C=O) groups is 2. The van der Waals surface area contributed by atoms with E-state index in [1.807, 2.05) is 44.4 Å². The highest BCUT2D eigenvalue weighted by molar-refractivity contribution is 7.15. The van der Waals surface area contributed by atoms with E-state index < -0.39 is 0 Å². The van der Waals surface area contributed by atoms with Gasteiger partial charge in [-0.1, -0.05) is 53.0 Å². The summed E-state index contributed by atoms with van der Waals surface area (Å²) >= 11 is 2.89. The number of aromatic nitrogens is 4. The number of amides is 1. The van der Waals surface area contributed by atoms with Crippen molar-refractivity contribution in [2.45, 2.75) is 32.1 Å². The van der Waals surface area contributed by atoms with Crippen molar-refractivity contribution in [2.24, 2.45) is 0 Å². The molecular formula is C21H27N7O2S2. The lowest BCUT2D eigenvalue weighted by Crippen LogP contribution is -2.26. The molecule has 1 aromatic carbocycles. The van der Waals surface area contributed by atoms with Crippen LogP contribution in [0.5, 0.6) is 0 Å². The minimum absolute atomic E-state index is 0.0971. The number of hydrogen-bond donors (Lipinski definition) is 2. The first kappa shape index (κ1) is 23.9. The average Bonchev–Trinajstić information content (AvgIpc) is 3.39. The molecule has 0 aliphatic rings. The minimum Gasteiger partial charge on any atom is -0.353 e. The van der Waals surface area contributed by atoms with Gasteiger partial charge in [0.2, 0.25) is 16.2 Å².